The van der Waals surface area contributed by atoms with E-state index in [1.807, 2.05) is 43.3 Å². The SMILES string of the molecule is CC=CCc1cc(-c2ccccc2-c2nn[nH]n2)cc(Nc2nc(Cl)ns2)c1OCCC. The molecule has 2 aromatic carbocycles. The number of halogens is 1. The first-order valence-corrected chi connectivity index (χ1v) is 11.3. The number of rotatable bonds is 9. The first-order valence-electron chi connectivity index (χ1n) is 10.2. The Morgan fingerprint density at radius 1 is 1.22 bits per heavy atom. The van der Waals surface area contributed by atoms with Crippen LogP contribution in [-0.2, 0) is 6.42 Å². The van der Waals surface area contributed by atoms with E-state index >= 15 is 0 Å². The second kappa shape index (κ2) is 10.3. The third kappa shape index (κ3) is 4.95. The lowest BCUT2D eigenvalue weighted by Crippen LogP contribution is -2.04. The highest BCUT2D eigenvalue weighted by atomic mass is 35.5. The molecule has 0 amide bonds. The van der Waals surface area contributed by atoms with Crippen LogP contribution in [0.1, 0.15) is 25.8 Å². The van der Waals surface area contributed by atoms with Gasteiger partial charge >= 0.3 is 0 Å². The summed E-state index contributed by atoms with van der Waals surface area (Å²) in [6, 6.07) is 12.1. The number of anilines is 2. The van der Waals surface area contributed by atoms with Crippen molar-refractivity contribution in [2.24, 2.45) is 0 Å². The van der Waals surface area contributed by atoms with E-state index in [1.54, 1.807) is 0 Å². The molecule has 0 aliphatic heterocycles. The molecule has 2 heterocycles. The number of tetrazole rings is 1. The van der Waals surface area contributed by atoms with Gasteiger partial charge in [-0.3, -0.25) is 0 Å². The van der Waals surface area contributed by atoms with Crippen LogP contribution in [0.25, 0.3) is 22.5 Å². The number of allylic oxidation sites excluding steroid dienone is 2. The molecule has 0 bridgehead atoms. The van der Waals surface area contributed by atoms with Gasteiger partial charge in [-0.2, -0.15) is 14.6 Å². The number of aromatic nitrogens is 6. The molecule has 2 aromatic heterocycles. The number of nitrogens with one attached hydrogen (secondary N) is 2. The molecule has 4 aromatic rings. The average molecular weight is 468 g/mol. The van der Waals surface area contributed by atoms with Crippen LogP contribution >= 0.6 is 23.1 Å². The number of aromatic amines is 1. The van der Waals surface area contributed by atoms with Crippen molar-refractivity contribution in [3.63, 3.8) is 0 Å². The average Bonchev–Trinajstić information content (AvgIpc) is 3.49. The highest BCUT2D eigenvalue weighted by Gasteiger charge is 2.18. The number of H-pyrrole nitrogens is 1. The Balaban J connectivity index is 1.87. The summed E-state index contributed by atoms with van der Waals surface area (Å²) < 4.78 is 10.2. The van der Waals surface area contributed by atoms with Crippen molar-refractivity contribution < 1.29 is 4.74 Å². The lowest BCUT2D eigenvalue weighted by atomic mass is 9.95. The maximum absolute atomic E-state index is 6.17. The Bertz CT molecular complexity index is 1210. The third-order valence-corrected chi connectivity index (χ3v) is 5.56. The number of benzene rings is 2. The van der Waals surface area contributed by atoms with Gasteiger partial charge in [0.15, 0.2) is 0 Å². The van der Waals surface area contributed by atoms with Crippen LogP contribution in [0.2, 0.25) is 5.28 Å². The summed E-state index contributed by atoms with van der Waals surface area (Å²) in [7, 11) is 0. The summed E-state index contributed by atoms with van der Waals surface area (Å²) in [5, 5.41) is 18.7. The maximum atomic E-state index is 6.17. The van der Waals surface area contributed by atoms with Gasteiger partial charge in [0.1, 0.15) is 5.75 Å². The fourth-order valence-corrected chi connectivity index (χ4v) is 4.01. The van der Waals surface area contributed by atoms with Crippen molar-refractivity contribution in [3.8, 4) is 28.3 Å². The van der Waals surface area contributed by atoms with E-state index in [4.69, 9.17) is 16.3 Å². The van der Waals surface area contributed by atoms with Crippen LogP contribution in [0.5, 0.6) is 5.75 Å². The zero-order valence-electron chi connectivity index (χ0n) is 17.7. The van der Waals surface area contributed by atoms with E-state index in [0.29, 0.717) is 17.6 Å². The summed E-state index contributed by atoms with van der Waals surface area (Å²) >= 11 is 7.14. The summed E-state index contributed by atoms with van der Waals surface area (Å²) in [5.41, 5.74) is 4.70. The molecule has 0 saturated heterocycles. The van der Waals surface area contributed by atoms with Gasteiger partial charge in [0.25, 0.3) is 0 Å². The van der Waals surface area contributed by atoms with Crippen LogP contribution in [0, 0.1) is 0 Å². The van der Waals surface area contributed by atoms with Crippen molar-refractivity contribution in [3.05, 3.63) is 59.4 Å². The summed E-state index contributed by atoms with van der Waals surface area (Å²) in [5.74, 6) is 1.32. The van der Waals surface area contributed by atoms with Crippen LogP contribution in [0.15, 0.2) is 48.6 Å². The molecule has 0 spiro atoms. The van der Waals surface area contributed by atoms with Gasteiger partial charge in [0, 0.05) is 22.7 Å². The lowest BCUT2D eigenvalue weighted by molar-refractivity contribution is 0.316. The minimum atomic E-state index is 0.210. The van der Waals surface area contributed by atoms with E-state index in [0.717, 1.165) is 46.5 Å². The first kappa shape index (κ1) is 21.9. The molecule has 0 aliphatic carbocycles. The lowest BCUT2D eigenvalue weighted by Gasteiger charge is -2.18. The second-order valence-electron chi connectivity index (χ2n) is 6.91. The first-order chi connectivity index (χ1) is 15.7. The van der Waals surface area contributed by atoms with Gasteiger partial charge in [0.05, 0.1) is 12.3 Å². The molecular weight excluding hydrogens is 446 g/mol. The van der Waals surface area contributed by atoms with Crippen molar-refractivity contribution in [1.29, 1.82) is 0 Å². The van der Waals surface area contributed by atoms with Gasteiger partial charge < -0.3 is 10.1 Å². The van der Waals surface area contributed by atoms with Gasteiger partial charge in [-0.15, -0.1) is 10.2 Å². The minimum Gasteiger partial charge on any atom is -0.491 e. The van der Waals surface area contributed by atoms with Gasteiger partial charge in [0.2, 0.25) is 16.2 Å². The smallest absolute Gasteiger partial charge is 0.236 e. The third-order valence-electron chi connectivity index (χ3n) is 4.66. The zero-order chi connectivity index (χ0) is 22.3. The van der Waals surface area contributed by atoms with E-state index in [9.17, 15) is 0 Å². The van der Waals surface area contributed by atoms with Gasteiger partial charge in [-0.1, -0.05) is 43.3 Å². The molecule has 0 atom stereocenters. The Labute approximate surface area is 194 Å². The molecule has 2 N–H and O–H groups in total. The molecule has 164 valence electrons. The normalized spacial score (nSPS) is 11.2. The van der Waals surface area contributed by atoms with E-state index < -0.39 is 0 Å². The largest absolute Gasteiger partial charge is 0.491 e. The number of nitrogens with zero attached hydrogens (tertiary/aromatic N) is 5. The molecule has 32 heavy (non-hydrogen) atoms. The highest BCUT2D eigenvalue weighted by Crippen LogP contribution is 2.40. The zero-order valence-corrected chi connectivity index (χ0v) is 19.2. The van der Waals surface area contributed by atoms with Crippen LogP contribution in [0.4, 0.5) is 10.8 Å². The van der Waals surface area contributed by atoms with Crippen LogP contribution < -0.4 is 10.1 Å². The van der Waals surface area contributed by atoms with E-state index in [1.165, 1.54) is 11.5 Å². The van der Waals surface area contributed by atoms with Gasteiger partial charge in [-0.25, -0.2) is 0 Å². The van der Waals surface area contributed by atoms with Crippen molar-refractivity contribution in [2.75, 3.05) is 11.9 Å². The Morgan fingerprint density at radius 2 is 2.06 bits per heavy atom. The topological polar surface area (TPSA) is 102 Å². The predicted octanol–water partition coefficient (Wildman–Crippen LogP) is 5.69. The summed E-state index contributed by atoms with van der Waals surface area (Å²) in [4.78, 5) is 4.24. The fourth-order valence-electron chi connectivity index (χ4n) is 3.29. The Hall–Kier alpha value is -3.30. The molecule has 8 nitrogen and oxygen atoms in total. The molecule has 0 fully saturated rings. The van der Waals surface area contributed by atoms with Crippen LogP contribution in [-0.4, -0.2) is 36.6 Å². The molecule has 0 radical (unpaired) electrons. The Morgan fingerprint density at radius 3 is 2.75 bits per heavy atom. The Kier molecular flexibility index (Phi) is 7.08. The monoisotopic (exact) mass is 467 g/mol. The van der Waals surface area contributed by atoms with Crippen molar-refractivity contribution in [1.82, 2.24) is 30.0 Å². The predicted molar refractivity (Wildman–Crippen MR) is 128 cm³/mol. The summed E-state index contributed by atoms with van der Waals surface area (Å²) in [6.07, 6.45) is 5.75. The second-order valence-corrected chi connectivity index (χ2v) is 8.00. The quantitative estimate of drug-likeness (QED) is 0.305. The minimum absolute atomic E-state index is 0.210. The van der Waals surface area contributed by atoms with Crippen molar-refractivity contribution >= 4 is 34.0 Å². The molecule has 0 aliphatic rings. The molecule has 10 heteroatoms. The van der Waals surface area contributed by atoms with Crippen LogP contribution in [0.3, 0.4) is 0 Å². The highest BCUT2D eigenvalue weighted by molar-refractivity contribution is 7.10. The number of ether oxygens (including phenoxy) is 1. The maximum Gasteiger partial charge on any atom is 0.236 e. The molecule has 0 saturated carbocycles. The molecular formula is C22H22ClN7OS. The van der Waals surface area contributed by atoms with E-state index in [2.05, 4.69) is 54.4 Å². The summed E-state index contributed by atoms with van der Waals surface area (Å²) in [6.45, 7) is 4.69. The van der Waals surface area contributed by atoms with Gasteiger partial charge in [-0.05, 0) is 59.8 Å². The number of hydrogen-bond donors (Lipinski definition) is 2. The number of hydrogen-bond acceptors (Lipinski definition) is 8. The van der Waals surface area contributed by atoms with Crippen molar-refractivity contribution in [2.45, 2.75) is 26.7 Å². The van der Waals surface area contributed by atoms with E-state index in [-0.39, 0.29) is 5.28 Å². The molecule has 4 rings (SSSR count). The standard InChI is InChI=1S/C22H22ClN7OS/c1-3-5-8-14-12-15(16-9-6-7-10-17(16)20-26-29-30-27-20)13-18(19(14)31-11-4-2)24-22-25-21(23)28-32-22/h3,5-7,9-10,12-13H,4,8,11H2,1-2H3,(H,24,25,28)(H,26,27,29,30). The fraction of sp³-hybridized carbons (Fsp3) is 0.227. The molecule has 0 unspecified atom stereocenters.